The van der Waals surface area contributed by atoms with E-state index in [1.807, 2.05) is 18.2 Å². The Bertz CT molecular complexity index is 492. The van der Waals surface area contributed by atoms with Crippen molar-refractivity contribution in [2.45, 2.75) is 31.2 Å². The van der Waals surface area contributed by atoms with Gasteiger partial charge in [0.05, 0.1) is 18.2 Å². The van der Waals surface area contributed by atoms with Crippen LogP contribution in [0.4, 0.5) is 5.69 Å². The molecule has 0 bridgehead atoms. The van der Waals surface area contributed by atoms with Gasteiger partial charge in [-0.25, -0.2) is 0 Å². The fourth-order valence-corrected chi connectivity index (χ4v) is 3.74. The Hall–Kier alpha value is -1.20. The molecular formula is C15H23N3OS. The summed E-state index contributed by atoms with van der Waals surface area (Å²) in [6.07, 6.45) is 1.06. The van der Waals surface area contributed by atoms with Gasteiger partial charge in [-0.1, -0.05) is 19.9 Å². The normalized spacial score (nSPS) is 22.2. The second-order valence-electron chi connectivity index (χ2n) is 5.21. The molecule has 0 radical (unpaired) electrons. The number of benzene rings is 1. The van der Waals surface area contributed by atoms with Crippen molar-refractivity contribution in [3.8, 4) is 0 Å². The first kappa shape index (κ1) is 15.2. The highest BCUT2D eigenvalue weighted by Gasteiger charge is 2.32. The number of nitrogen functional groups attached to an aromatic ring is 1. The van der Waals surface area contributed by atoms with E-state index in [2.05, 4.69) is 18.7 Å². The van der Waals surface area contributed by atoms with E-state index in [0.29, 0.717) is 5.92 Å². The number of thioether (sulfide) groups is 1. The van der Waals surface area contributed by atoms with Gasteiger partial charge in [-0.15, -0.1) is 11.8 Å². The molecule has 0 amide bonds. The summed E-state index contributed by atoms with van der Waals surface area (Å²) in [6.45, 7) is 5.31. The second-order valence-corrected chi connectivity index (χ2v) is 6.51. The summed E-state index contributed by atoms with van der Waals surface area (Å²) >= 11 is 1.70. The van der Waals surface area contributed by atoms with Crippen LogP contribution in [0.1, 0.15) is 25.8 Å². The van der Waals surface area contributed by atoms with Crippen LogP contribution in [0.3, 0.4) is 0 Å². The van der Waals surface area contributed by atoms with Crippen molar-refractivity contribution in [2.75, 3.05) is 23.8 Å². The summed E-state index contributed by atoms with van der Waals surface area (Å²) in [6, 6.07) is 6.16. The fraction of sp³-hybridized carbons (Fsp3) is 0.533. The predicted octanol–water partition coefficient (Wildman–Crippen LogP) is 2.29. The monoisotopic (exact) mass is 293 g/mol. The number of rotatable bonds is 5. The smallest absolute Gasteiger partial charge is 0.126 e. The molecule has 1 aliphatic rings. The Morgan fingerprint density at radius 1 is 1.55 bits per heavy atom. The molecule has 2 atom stereocenters. The number of amidine groups is 1. The lowest BCUT2D eigenvalue weighted by Crippen LogP contribution is -2.36. The maximum Gasteiger partial charge on any atom is 0.126 e. The van der Waals surface area contributed by atoms with Gasteiger partial charge in [0, 0.05) is 17.1 Å². The fourth-order valence-electron chi connectivity index (χ4n) is 2.89. The van der Waals surface area contributed by atoms with Gasteiger partial charge >= 0.3 is 0 Å². The largest absolute Gasteiger partial charge is 0.394 e. The maximum atomic E-state index is 9.64. The van der Waals surface area contributed by atoms with E-state index in [9.17, 15) is 5.11 Å². The zero-order chi connectivity index (χ0) is 14.7. The van der Waals surface area contributed by atoms with Gasteiger partial charge in [0.15, 0.2) is 0 Å². The molecule has 5 heteroatoms. The van der Waals surface area contributed by atoms with Crippen molar-refractivity contribution in [2.24, 2.45) is 11.7 Å². The van der Waals surface area contributed by atoms with E-state index in [4.69, 9.17) is 11.1 Å². The van der Waals surface area contributed by atoms with Crippen molar-refractivity contribution in [3.05, 3.63) is 23.8 Å². The average Bonchev–Trinajstić information content (AvgIpc) is 2.79. The molecule has 2 rings (SSSR count). The standard InChI is InChI=1S/C15H23N3OS/c1-3-20-13-6-4-5-11(14(13)15(16)17)18-8-7-10(2)12(18)9-19/h4-6,10,12,19H,3,7-9H2,1-2H3,(H3,16,17). The Balaban J connectivity index is 2.45. The summed E-state index contributed by atoms with van der Waals surface area (Å²) in [5, 5.41) is 17.5. The van der Waals surface area contributed by atoms with Gasteiger partial charge < -0.3 is 15.7 Å². The number of hydrogen-bond acceptors (Lipinski definition) is 4. The van der Waals surface area contributed by atoms with Crippen molar-refractivity contribution < 1.29 is 5.11 Å². The van der Waals surface area contributed by atoms with E-state index >= 15 is 0 Å². The van der Waals surface area contributed by atoms with Crippen molar-refractivity contribution in [1.82, 2.24) is 0 Å². The molecule has 1 aromatic rings. The minimum Gasteiger partial charge on any atom is -0.394 e. The minimum atomic E-state index is 0.104. The van der Waals surface area contributed by atoms with E-state index in [1.165, 1.54) is 0 Å². The van der Waals surface area contributed by atoms with Crippen LogP contribution in [0.15, 0.2) is 23.1 Å². The lowest BCUT2D eigenvalue weighted by molar-refractivity contribution is 0.244. The number of nitrogens with one attached hydrogen (secondary N) is 1. The number of aliphatic hydroxyl groups is 1. The number of hydrogen-bond donors (Lipinski definition) is 3. The summed E-state index contributed by atoms with van der Waals surface area (Å²) in [4.78, 5) is 3.26. The molecule has 20 heavy (non-hydrogen) atoms. The first-order valence-electron chi connectivity index (χ1n) is 7.07. The molecule has 0 aromatic heterocycles. The van der Waals surface area contributed by atoms with Crippen molar-refractivity contribution in [3.63, 3.8) is 0 Å². The van der Waals surface area contributed by atoms with Gasteiger partial charge in [0.2, 0.25) is 0 Å². The van der Waals surface area contributed by atoms with Crippen LogP contribution < -0.4 is 10.6 Å². The molecule has 1 fully saturated rings. The van der Waals surface area contributed by atoms with E-state index in [1.54, 1.807) is 11.8 Å². The Morgan fingerprint density at radius 3 is 2.90 bits per heavy atom. The van der Waals surface area contributed by atoms with Crippen LogP contribution in [0.2, 0.25) is 0 Å². The Morgan fingerprint density at radius 2 is 2.30 bits per heavy atom. The van der Waals surface area contributed by atoms with Crippen molar-refractivity contribution >= 4 is 23.3 Å². The van der Waals surface area contributed by atoms with Gasteiger partial charge in [0.25, 0.3) is 0 Å². The topological polar surface area (TPSA) is 73.3 Å². The Labute approximate surface area is 124 Å². The third-order valence-electron chi connectivity index (χ3n) is 3.95. The van der Waals surface area contributed by atoms with Crippen molar-refractivity contribution in [1.29, 1.82) is 5.41 Å². The van der Waals surface area contributed by atoms with Crippen LogP contribution in [-0.4, -0.2) is 35.9 Å². The quantitative estimate of drug-likeness (QED) is 0.442. The zero-order valence-electron chi connectivity index (χ0n) is 12.1. The zero-order valence-corrected chi connectivity index (χ0v) is 12.9. The number of nitrogens with two attached hydrogens (primary N) is 1. The molecule has 1 saturated heterocycles. The molecule has 4 N–H and O–H groups in total. The molecule has 1 aliphatic heterocycles. The molecule has 4 nitrogen and oxygen atoms in total. The molecule has 1 aromatic carbocycles. The maximum absolute atomic E-state index is 9.64. The molecular weight excluding hydrogens is 270 g/mol. The number of anilines is 1. The van der Waals surface area contributed by atoms with Gasteiger partial charge in [-0.05, 0) is 30.2 Å². The van der Waals surface area contributed by atoms with Crippen LogP contribution in [0.25, 0.3) is 0 Å². The molecule has 0 aliphatic carbocycles. The van der Waals surface area contributed by atoms with E-state index < -0.39 is 0 Å². The van der Waals surface area contributed by atoms with E-state index in [-0.39, 0.29) is 18.5 Å². The molecule has 1 heterocycles. The SMILES string of the molecule is CCSc1cccc(N2CCC(C)C2CO)c1C(=N)N. The number of aliphatic hydroxyl groups excluding tert-OH is 1. The highest BCUT2D eigenvalue weighted by Crippen LogP contribution is 2.35. The van der Waals surface area contributed by atoms with Gasteiger partial charge in [0.1, 0.15) is 5.84 Å². The van der Waals surface area contributed by atoms with Crippen LogP contribution in [-0.2, 0) is 0 Å². The molecule has 110 valence electrons. The van der Waals surface area contributed by atoms with Crippen LogP contribution in [0.5, 0.6) is 0 Å². The summed E-state index contributed by atoms with van der Waals surface area (Å²) < 4.78 is 0. The highest BCUT2D eigenvalue weighted by molar-refractivity contribution is 7.99. The lowest BCUT2D eigenvalue weighted by Gasteiger charge is -2.29. The third-order valence-corrected chi connectivity index (χ3v) is 4.89. The highest BCUT2D eigenvalue weighted by atomic mass is 32.2. The first-order chi connectivity index (χ1) is 9.60. The molecule has 0 saturated carbocycles. The Kier molecular flexibility index (Phi) is 4.94. The van der Waals surface area contributed by atoms with Crippen LogP contribution in [0, 0.1) is 11.3 Å². The number of nitrogens with zero attached hydrogens (tertiary/aromatic N) is 1. The minimum absolute atomic E-state index is 0.104. The predicted molar refractivity (Wildman–Crippen MR) is 85.9 cm³/mol. The van der Waals surface area contributed by atoms with Gasteiger partial charge in [-0.2, -0.15) is 0 Å². The van der Waals surface area contributed by atoms with Crippen LogP contribution >= 0.6 is 11.8 Å². The lowest BCUT2D eigenvalue weighted by atomic mass is 10.0. The summed E-state index contributed by atoms with van der Waals surface area (Å²) in [5.74, 6) is 1.51. The summed E-state index contributed by atoms with van der Waals surface area (Å²) in [5.41, 5.74) is 7.61. The third kappa shape index (κ3) is 2.79. The summed E-state index contributed by atoms with van der Waals surface area (Å²) in [7, 11) is 0. The average molecular weight is 293 g/mol. The second kappa shape index (κ2) is 6.50. The molecule has 0 spiro atoms. The first-order valence-corrected chi connectivity index (χ1v) is 8.06. The van der Waals surface area contributed by atoms with Gasteiger partial charge in [-0.3, -0.25) is 5.41 Å². The van der Waals surface area contributed by atoms with E-state index in [0.717, 1.165) is 34.9 Å². The molecule has 2 unspecified atom stereocenters.